The van der Waals surface area contributed by atoms with Gasteiger partial charge in [0.1, 0.15) is 11.1 Å². The van der Waals surface area contributed by atoms with Crippen molar-refractivity contribution in [2.75, 3.05) is 17.3 Å². The second-order valence-electron chi connectivity index (χ2n) is 4.92. The normalized spacial score (nSPS) is 26.0. The number of hydrogen-bond donors (Lipinski definition) is 4. The Labute approximate surface area is 142 Å². The highest BCUT2D eigenvalue weighted by Crippen LogP contribution is 2.44. The van der Waals surface area contributed by atoms with Gasteiger partial charge >= 0.3 is 5.97 Å². The summed E-state index contributed by atoms with van der Waals surface area (Å²) in [4.78, 5) is 36.6. The summed E-state index contributed by atoms with van der Waals surface area (Å²) >= 11 is 2.42. The average molecular weight is 372 g/mol. The number of hydrogen-bond acceptors (Lipinski definition) is 10. The number of fused-ring (bicyclic) bond motifs is 1. The van der Waals surface area contributed by atoms with E-state index in [2.05, 4.69) is 20.8 Å². The highest BCUT2D eigenvalue weighted by molar-refractivity contribution is 8.01. The average Bonchev–Trinajstić information content (AvgIpc) is 2.96. The van der Waals surface area contributed by atoms with E-state index in [-0.39, 0.29) is 11.4 Å². The Morgan fingerprint density at radius 1 is 1.62 bits per heavy atom. The van der Waals surface area contributed by atoms with Crippen molar-refractivity contribution < 1.29 is 19.5 Å². The molecule has 6 N–H and O–H groups in total. The lowest BCUT2D eigenvalue weighted by Crippen LogP contribution is -2.83. The molecule has 0 spiro atoms. The van der Waals surface area contributed by atoms with Crippen LogP contribution < -0.4 is 16.9 Å². The van der Waals surface area contributed by atoms with Gasteiger partial charge in [-0.2, -0.15) is 0 Å². The number of nitrogen functional groups attached to an aromatic ring is 1. The maximum atomic E-state index is 12.3. The van der Waals surface area contributed by atoms with E-state index < -0.39 is 22.9 Å². The Morgan fingerprint density at radius 2 is 2.38 bits per heavy atom. The Morgan fingerprint density at radius 3 is 2.96 bits per heavy atom. The summed E-state index contributed by atoms with van der Waals surface area (Å²) in [5, 5.41) is 21.9. The molecule has 24 heavy (non-hydrogen) atoms. The van der Waals surface area contributed by atoms with Gasteiger partial charge in [0.2, 0.25) is 17.2 Å². The summed E-state index contributed by atoms with van der Waals surface area (Å²) in [5.41, 5.74) is 4.65. The number of nitrogens with zero attached hydrogens (tertiary/aromatic N) is 5. The number of β-lactam (4-membered cyclic amide) rings is 1. The zero-order valence-electron chi connectivity index (χ0n) is 11.9. The second kappa shape index (κ2) is 5.95. The molecule has 1 saturated heterocycles. The van der Waals surface area contributed by atoms with Gasteiger partial charge in [0.15, 0.2) is 0 Å². The summed E-state index contributed by atoms with van der Waals surface area (Å²) in [6.07, 6.45) is 0.326. The van der Waals surface area contributed by atoms with Crippen molar-refractivity contribution in [3.05, 3.63) is 11.3 Å². The molecule has 0 aromatic carbocycles. The quantitative estimate of drug-likeness (QED) is 0.132. The summed E-state index contributed by atoms with van der Waals surface area (Å²) < 4.78 is 0. The molecular weight excluding hydrogens is 360 g/mol. The number of carboxylic acids is 1. The maximum Gasteiger partial charge on any atom is 0.352 e. The number of aliphatic carboxylic acids is 1. The number of nitrogens with one attached hydrogen (secondary N) is 1. The monoisotopic (exact) mass is 372 g/mol. The first-order chi connectivity index (χ1) is 11.4. The van der Waals surface area contributed by atoms with Crippen LogP contribution in [0.4, 0.5) is 0 Å². The van der Waals surface area contributed by atoms with Crippen molar-refractivity contribution in [2.24, 2.45) is 5.73 Å². The standard InChI is InChI=1S/C10H12N8O4S2/c11-10(13-3-19)7(22)17-5(6(20)21)4(1-23-8(10)17)2-24-9-14-15-16-18(9)12/h3,8H,1-2,11-12H2,(H,13,19)(H,20,21)/t8-,10-/m0/s1. The Hall–Kier alpha value is -2.32. The van der Waals surface area contributed by atoms with Crippen molar-refractivity contribution in [1.29, 1.82) is 0 Å². The van der Waals surface area contributed by atoms with E-state index in [1.807, 2.05) is 0 Å². The molecule has 0 aliphatic carbocycles. The smallest absolute Gasteiger partial charge is 0.352 e. The van der Waals surface area contributed by atoms with E-state index in [0.29, 0.717) is 22.9 Å². The number of nitrogens with two attached hydrogens (primary N) is 2. The van der Waals surface area contributed by atoms with E-state index in [9.17, 15) is 19.5 Å². The van der Waals surface area contributed by atoms with Crippen LogP contribution in [-0.4, -0.2) is 71.2 Å². The highest BCUT2D eigenvalue weighted by Gasteiger charge is 2.62. The van der Waals surface area contributed by atoms with E-state index in [1.54, 1.807) is 0 Å². The number of thioether (sulfide) groups is 2. The fourth-order valence-corrected chi connectivity index (χ4v) is 4.73. The molecule has 2 atom stereocenters. The van der Waals surface area contributed by atoms with Crippen LogP contribution in [0.5, 0.6) is 0 Å². The first kappa shape index (κ1) is 16.5. The third-order valence-corrected chi connectivity index (χ3v) is 5.96. The lowest BCUT2D eigenvalue weighted by Gasteiger charge is -2.54. The molecule has 3 heterocycles. The largest absolute Gasteiger partial charge is 0.477 e. The highest BCUT2D eigenvalue weighted by atomic mass is 32.2. The Kier molecular flexibility index (Phi) is 4.10. The van der Waals surface area contributed by atoms with Crippen molar-refractivity contribution in [3.63, 3.8) is 0 Å². The van der Waals surface area contributed by atoms with Crippen LogP contribution in [0, 0.1) is 0 Å². The molecule has 12 nitrogen and oxygen atoms in total. The molecule has 128 valence electrons. The van der Waals surface area contributed by atoms with Crippen molar-refractivity contribution in [2.45, 2.75) is 16.2 Å². The van der Waals surface area contributed by atoms with Crippen LogP contribution in [0.3, 0.4) is 0 Å². The predicted octanol–water partition coefficient (Wildman–Crippen LogP) is -2.87. The minimum absolute atomic E-state index is 0.138. The number of amides is 2. The molecule has 14 heteroatoms. The van der Waals surface area contributed by atoms with E-state index in [0.717, 1.165) is 21.5 Å². The summed E-state index contributed by atoms with van der Waals surface area (Å²) in [6.45, 7) is 0. The second-order valence-corrected chi connectivity index (χ2v) is 6.93. The first-order valence-electron chi connectivity index (χ1n) is 6.47. The number of carboxylic acid groups (broad SMARTS) is 1. The lowest BCUT2D eigenvalue weighted by atomic mass is 9.97. The van der Waals surface area contributed by atoms with Crippen molar-refractivity contribution in [3.8, 4) is 0 Å². The molecule has 0 bridgehead atoms. The van der Waals surface area contributed by atoms with Crippen LogP contribution >= 0.6 is 23.5 Å². The van der Waals surface area contributed by atoms with Crippen molar-refractivity contribution in [1.82, 2.24) is 30.5 Å². The maximum absolute atomic E-state index is 12.3. The van der Waals surface area contributed by atoms with Crippen LogP contribution in [0.15, 0.2) is 16.4 Å². The molecule has 3 rings (SSSR count). The van der Waals surface area contributed by atoms with Crippen LogP contribution in [0.1, 0.15) is 0 Å². The number of tetrazole rings is 1. The summed E-state index contributed by atoms with van der Waals surface area (Å²) in [5.74, 6) is 4.15. The molecule has 0 saturated carbocycles. The van der Waals surface area contributed by atoms with Gasteiger partial charge in [-0.15, -0.1) is 16.6 Å². The zero-order chi connectivity index (χ0) is 17.5. The van der Waals surface area contributed by atoms with Gasteiger partial charge in [0, 0.05) is 11.5 Å². The molecule has 0 radical (unpaired) electrons. The number of carbonyl (C=O) groups is 3. The molecule has 0 unspecified atom stereocenters. The van der Waals surface area contributed by atoms with Gasteiger partial charge < -0.3 is 16.3 Å². The SMILES string of the molecule is Nn1nnnc1SCC1=C(C(=O)O)N2C(=O)[C@](N)(NC=O)[C@@H]2SC1. The van der Waals surface area contributed by atoms with Crippen LogP contribution in [0.2, 0.25) is 0 Å². The molecule has 1 aromatic heterocycles. The fraction of sp³-hybridized carbons (Fsp3) is 0.400. The van der Waals surface area contributed by atoms with Gasteiger partial charge in [0.05, 0.1) is 0 Å². The third kappa shape index (κ3) is 2.38. The minimum atomic E-state index is -1.59. The lowest BCUT2D eigenvalue weighted by molar-refractivity contribution is -0.157. The number of aromatic nitrogens is 4. The zero-order valence-corrected chi connectivity index (χ0v) is 13.6. The van der Waals surface area contributed by atoms with Gasteiger partial charge in [-0.25, -0.2) is 4.79 Å². The van der Waals surface area contributed by atoms with Gasteiger partial charge in [-0.3, -0.25) is 20.2 Å². The number of rotatable bonds is 6. The van der Waals surface area contributed by atoms with E-state index in [1.165, 1.54) is 11.8 Å². The Balaban J connectivity index is 1.85. The molecule has 2 aliphatic heterocycles. The van der Waals surface area contributed by atoms with Crippen LogP contribution in [0.25, 0.3) is 0 Å². The minimum Gasteiger partial charge on any atom is -0.477 e. The van der Waals surface area contributed by atoms with E-state index in [4.69, 9.17) is 11.6 Å². The topological polar surface area (TPSA) is 182 Å². The summed E-state index contributed by atoms with van der Waals surface area (Å²) in [7, 11) is 0. The first-order valence-corrected chi connectivity index (χ1v) is 8.50. The van der Waals surface area contributed by atoms with Crippen LogP contribution in [-0.2, 0) is 14.4 Å². The van der Waals surface area contributed by atoms with Gasteiger partial charge in [-0.1, -0.05) is 16.9 Å². The van der Waals surface area contributed by atoms with Gasteiger partial charge in [0.25, 0.3) is 5.91 Å². The van der Waals surface area contributed by atoms with E-state index >= 15 is 0 Å². The van der Waals surface area contributed by atoms with Gasteiger partial charge in [-0.05, 0) is 16.0 Å². The third-order valence-electron chi connectivity index (χ3n) is 3.53. The molecule has 2 amide bonds. The molecule has 2 aliphatic rings. The molecule has 1 fully saturated rings. The van der Waals surface area contributed by atoms with Crippen molar-refractivity contribution >= 4 is 41.8 Å². The fourth-order valence-electron chi connectivity index (χ4n) is 2.42. The predicted molar refractivity (Wildman–Crippen MR) is 82.6 cm³/mol. The molecule has 1 aromatic rings. The summed E-state index contributed by atoms with van der Waals surface area (Å²) in [6, 6.07) is 0. The number of carbonyl (C=O) groups excluding carboxylic acids is 2. The Bertz CT molecular complexity index is 751. The molecular formula is C10H12N8O4S2.